The van der Waals surface area contributed by atoms with Crippen molar-refractivity contribution in [2.24, 2.45) is 0 Å². The molecular weight excluding hydrogens is 244 g/mol. The smallest absolute Gasteiger partial charge is 0.309 e. The van der Waals surface area contributed by atoms with Gasteiger partial charge in [0.2, 0.25) is 5.95 Å². The molecule has 6 heteroatoms. The highest BCUT2D eigenvalue weighted by Gasteiger charge is 2.25. The van der Waals surface area contributed by atoms with Crippen LogP contribution in [0.4, 0.5) is 11.6 Å². The number of aryl methyl sites for hydroxylation is 1. The number of aromatic nitrogens is 3. The van der Waals surface area contributed by atoms with E-state index in [1.165, 1.54) is 10.1 Å². The number of nitrogens with zero attached hydrogens (tertiary/aromatic N) is 3. The fourth-order valence-electron chi connectivity index (χ4n) is 2.39. The fourth-order valence-corrected chi connectivity index (χ4v) is 2.39. The van der Waals surface area contributed by atoms with Crippen LogP contribution in [0, 0.1) is 13.8 Å². The minimum Gasteiger partial charge on any atom is -0.309 e. The Morgan fingerprint density at radius 2 is 2.00 bits per heavy atom. The minimum atomic E-state index is -0.674. The quantitative estimate of drug-likeness (QED) is 0.764. The predicted molar refractivity (Wildman–Crippen MR) is 72.0 cm³/mol. The average Bonchev–Trinajstić information content (AvgIpc) is 2.82. The van der Waals surface area contributed by atoms with Crippen molar-refractivity contribution < 1.29 is 0 Å². The van der Waals surface area contributed by atoms with Gasteiger partial charge in [0.05, 0.1) is 0 Å². The van der Waals surface area contributed by atoms with Gasteiger partial charge in [-0.05, 0) is 31.0 Å². The lowest BCUT2D eigenvalue weighted by Crippen LogP contribution is -2.36. The van der Waals surface area contributed by atoms with E-state index in [1.54, 1.807) is 0 Å². The Kier molecular flexibility index (Phi) is 2.51. The van der Waals surface area contributed by atoms with E-state index in [9.17, 15) is 9.59 Å². The zero-order chi connectivity index (χ0) is 13.6. The molecule has 1 aliphatic heterocycles. The van der Waals surface area contributed by atoms with Gasteiger partial charge in [0.15, 0.2) is 0 Å². The molecule has 0 atom stereocenters. The van der Waals surface area contributed by atoms with Crippen LogP contribution in [0.1, 0.15) is 11.1 Å². The molecule has 3 rings (SSSR count). The van der Waals surface area contributed by atoms with Crippen molar-refractivity contribution in [1.82, 2.24) is 14.8 Å². The van der Waals surface area contributed by atoms with E-state index < -0.39 is 11.1 Å². The molecule has 0 amide bonds. The molecule has 0 aliphatic carbocycles. The van der Waals surface area contributed by atoms with Crippen LogP contribution in [0.25, 0.3) is 0 Å². The Morgan fingerprint density at radius 3 is 2.79 bits per heavy atom. The van der Waals surface area contributed by atoms with E-state index in [-0.39, 0.29) is 0 Å². The van der Waals surface area contributed by atoms with Crippen molar-refractivity contribution in [3.05, 3.63) is 50.0 Å². The van der Waals surface area contributed by atoms with Gasteiger partial charge in [-0.2, -0.15) is 0 Å². The van der Waals surface area contributed by atoms with Crippen LogP contribution in [0.2, 0.25) is 0 Å². The van der Waals surface area contributed by atoms with Gasteiger partial charge in [-0.1, -0.05) is 12.1 Å². The summed E-state index contributed by atoms with van der Waals surface area (Å²) >= 11 is 0. The molecule has 1 aliphatic rings. The average molecular weight is 258 g/mol. The molecule has 0 spiro atoms. The Morgan fingerprint density at radius 1 is 1.21 bits per heavy atom. The van der Waals surface area contributed by atoms with Crippen molar-refractivity contribution in [3.63, 3.8) is 0 Å². The molecule has 6 nitrogen and oxygen atoms in total. The maximum Gasteiger partial charge on any atom is 0.330 e. The SMILES string of the molecule is Cc1cccc(N2CCn3c2n[nH]c(=O)c3=O)c1C. The number of benzene rings is 1. The third-order valence-corrected chi connectivity index (χ3v) is 3.59. The summed E-state index contributed by atoms with van der Waals surface area (Å²) in [6, 6.07) is 6.02. The highest BCUT2D eigenvalue weighted by molar-refractivity contribution is 5.64. The summed E-state index contributed by atoms with van der Waals surface area (Å²) in [5, 5.41) is 6.25. The summed E-state index contributed by atoms with van der Waals surface area (Å²) in [5.74, 6) is 0.498. The van der Waals surface area contributed by atoms with E-state index >= 15 is 0 Å². The number of hydrogen-bond acceptors (Lipinski definition) is 4. The molecule has 0 saturated carbocycles. The Balaban J connectivity index is 2.18. The van der Waals surface area contributed by atoms with E-state index in [1.807, 2.05) is 36.9 Å². The van der Waals surface area contributed by atoms with Gasteiger partial charge in [-0.3, -0.25) is 14.2 Å². The molecule has 0 fully saturated rings. The molecule has 1 aromatic heterocycles. The molecule has 0 bridgehead atoms. The van der Waals surface area contributed by atoms with Crippen LogP contribution in [0.15, 0.2) is 27.8 Å². The second-order valence-corrected chi connectivity index (χ2v) is 4.68. The van der Waals surface area contributed by atoms with Crippen molar-refractivity contribution in [2.45, 2.75) is 20.4 Å². The standard InChI is InChI=1S/C13H14N4O2/c1-8-4-3-5-10(9(8)2)16-6-7-17-12(19)11(18)14-15-13(16)17/h3-5H,6-7H2,1-2H3,(H,14,18). The first-order valence-electron chi connectivity index (χ1n) is 6.13. The molecule has 98 valence electrons. The molecule has 1 N–H and O–H groups in total. The summed E-state index contributed by atoms with van der Waals surface area (Å²) in [6.45, 7) is 5.21. The van der Waals surface area contributed by atoms with Gasteiger partial charge < -0.3 is 4.90 Å². The largest absolute Gasteiger partial charge is 0.330 e. The first-order valence-corrected chi connectivity index (χ1v) is 6.13. The Bertz CT molecular complexity index is 760. The van der Waals surface area contributed by atoms with Crippen molar-refractivity contribution in [1.29, 1.82) is 0 Å². The van der Waals surface area contributed by atoms with E-state index in [0.29, 0.717) is 19.0 Å². The Hall–Kier alpha value is -2.37. The normalized spacial score (nSPS) is 13.7. The zero-order valence-electron chi connectivity index (χ0n) is 10.8. The van der Waals surface area contributed by atoms with Gasteiger partial charge in [-0.15, -0.1) is 5.10 Å². The summed E-state index contributed by atoms with van der Waals surface area (Å²) in [4.78, 5) is 25.0. The third kappa shape index (κ3) is 1.68. The second kappa shape index (κ2) is 4.08. The number of hydrogen-bond donors (Lipinski definition) is 1. The van der Waals surface area contributed by atoms with Gasteiger partial charge in [0.1, 0.15) is 0 Å². The lowest BCUT2D eigenvalue weighted by Gasteiger charge is -2.20. The van der Waals surface area contributed by atoms with E-state index in [4.69, 9.17) is 0 Å². The lowest BCUT2D eigenvalue weighted by molar-refractivity contribution is 0.724. The predicted octanol–water partition coefficient (Wildman–Crippen LogP) is 0.700. The van der Waals surface area contributed by atoms with Crippen molar-refractivity contribution in [2.75, 3.05) is 11.4 Å². The van der Waals surface area contributed by atoms with Crippen LogP contribution < -0.4 is 16.0 Å². The highest BCUT2D eigenvalue weighted by atomic mass is 16.2. The van der Waals surface area contributed by atoms with Crippen molar-refractivity contribution >= 4 is 11.6 Å². The van der Waals surface area contributed by atoms with E-state index in [0.717, 1.165) is 11.3 Å². The first-order chi connectivity index (χ1) is 9.09. The molecule has 19 heavy (non-hydrogen) atoms. The summed E-state index contributed by atoms with van der Waals surface area (Å²) in [5.41, 5.74) is 2.13. The molecule has 2 aromatic rings. The highest BCUT2D eigenvalue weighted by Crippen LogP contribution is 2.30. The summed E-state index contributed by atoms with van der Waals surface area (Å²) in [6.07, 6.45) is 0. The number of rotatable bonds is 1. The molecule has 2 heterocycles. The second-order valence-electron chi connectivity index (χ2n) is 4.68. The lowest BCUT2D eigenvalue weighted by atomic mass is 10.1. The zero-order valence-corrected chi connectivity index (χ0v) is 10.8. The number of anilines is 2. The first kappa shape index (κ1) is 11.7. The van der Waals surface area contributed by atoms with Crippen LogP contribution in [-0.2, 0) is 6.54 Å². The van der Waals surface area contributed by atoms with Crippen LogP contribution in [-0.4, -0.2) is 21.3 Å². The number of fused-ring (bicyclic) bond motifs is 1. The van der Waals surface area contributed by atoms with Gasteiger partial charge in [-0.25, -0.2) is 5.10 Å². The maximum absolute atomic E-state index is 11.7. The Labute approximate surface area is 109 Å². The van der Waals surface area contributed by atoms with Crippen LogP contribution in [0.5, 0.6) is 0 Å². The van der Waals surface area contributed by atoms with Gasteiger partial charge in [0, 0.05) is 18.8 Å². The fraction of sp³-hybridized carbons (Fsp3) is 0.308. The number of aromatic amines is 1. The number of nitrogens with one attached hydrogen (secondary N) is 1. The number of H-pyrrole nitrogens is 1. The third-order valence-electron chi connectivity index (χ3n) is 3.59. The molecular formula is C13H14N4O2. The topological polar surface area (TPSA) is 71.0 Å². The molecule has 1 aromatic carbocycles. The molecule has 0 unspecified atom stereocenters. The summed E-state index contributed by atoms with van der Waals surface area (Å²) < 4.78 is 1.42. The molecule has 0 radical (unpaired) electrons. The monoisotopic (exact) mass is 258 g/mol. The van der Waals surface area contributed by atoms with Crippen LogP contribution in [0.3, 0.4) is 0 Å². The van der Waals surface area contributed by atoms with E-state index in [2.05, 4.69) is 10.2 Å². The summed E-state index contributed by atoms with van der Waals surface area (Å²) in [7, 11) is 0. The minimum absolute atomic E-state index is 0.485. The molecule has 0 saturated heterocycles. The van der Waals surface area contributed by atoms with Gasteiger partial charge in [0.25, 0.3) is 0 Å². The maximum atomic E-state index is 11.7. The van der Waals surface area contributed by atoms with Gasteiger partial charge >= 0.3 is 11.1 Å². The van der Waals surface area contributed by atoms with Crippen molar-refractivity contribution in [3.8, 4) is 0 Å². The van der Waals surface area contributed by atoms with Crippen LogP contribution >= 0.6 is 0 Å².